The predicted molar refractivity (Wildman–Crippen MR) is 78.3 cm³/mol. The standard InChI is InChI=1S/C15H24N2O2/c1-3-19-14-7-5-13(6-8-14)17-15(18)9-4-12(2)10-11-16/h5-8,12H,3-4,9-11,16H2,1-2H3,(H,17,18). The first-order valence-electron chi connectivity index (χ1n) is 6.88. The van der Waals surface area contributed by atoms with Gasteiger partial charge in [-0.1, -0.05) is 6.92 Å². The van der Waals surface area contributed by atoms with Gasteiger partial charge in [-0.05, 0) is 56.5 Å². The lowest BCUT2D eigenvalue weighted by Crippen LogP contribution is -2.14. The first-order valence-corrected chi connectivity index (χ1v) is 6.88. The van der Waals surface area contributed by atoms with E-state index in [-0.39, 0.29) is 5.91 Å². The summed E-state index contributed by atoms with van der Waals surface area (Å²) < 4.78 is 5.35. The third-order valence-electron chi connectivity index (χ3n) is 2.97. The second-order valence-electron chi connectivity index (χ2n) is 4.73. The molecule has 1 amide bonds. The smallest absolute Gasteiger partial charge is 0.224 e. The third-order valence-corrected chi connectivity index (χ3v) is 2.97. The number of nitrogens with one attached hydrogen (secondary N) is 1. The molecule has 0 aliphatic carbocycles. The molecule has 0 saturated heterocycles. The van der Waals surface area contributed by atoms with E-state index in [1.165, 1.54) is 0 Å². The Balaban J connectivity index is 2.35. The van der Waals surface area contributed by atoms with Gasteiger partial charge in [0.25, 0.3) is 0 Å². The number of amides is 1. The van der Waals surface area contributed by atoms with Crippen LogP contribution in [0.3, 0.4) is 0 Å². The average Bonchev–Trinajstić information content (AvgIpc) is 2.39. The van der Waals surface area contributed by atoms with E-state index < -0.39 is 0 Å². The minimum absolute atomic E-state index is 0.0491. The Bertz CT molecular complexity index is 376. The van der Waals surface area contributed by atoms with Crippen LogP contribution in [0.5, 0.6) is 5.75 Å². The van der Waals surface area contributed by atoms with Gasteiger partial charge in [0.2, 0.25) is 5.91 Å². The SMILES string of the molecule is CCOc1ccc(NC(=O)CCC(C)CCN)cc1. The number of benzene rings is 1. The first-order chi connectivity index (χ1) is 9.15. The van der Waals surface area contributed by atoms with Gasteiger partial charge in [0.05, 0.1) is 6.61 Å². The van der Waals surface area contributed by atoms with Gasteiger partial charge in [-0.15, -0.1) is 0 Å². The fourth-order valence-electron chi connectivity index (χ4n) is 1.83. The second-order valence-corrected chi connectivity index (χ2v) is 4.73. The molecule has 3 N–H and O–H groups in total. The van der Waals surface area contributed by atoms with Crippen LogP contribution in [0.15, 0.2) is 24.3 Å². The van der Waals surface area contributed by atoms with Gasteiger partial charge in [0.15, 0.2) is 0 Å². The Kier molecular flexibility index (Phi) is 6.97. The molecule has 1 rings (SSSR count). The molecule has 4 nitrogen and oxygen atoms in total. The molecule has 0 spiro atoms. The van der Waals surface area contributed by atoms with Crippen LogP contribution < -0.4 is 15.8 Å². The van der Waals surface area contributed by atoms with Gasteiger partial charge >= 0.3 is 0 Å². The van der Waals surface area contributed by atoms with Gasteiger partial charge in [-0.2, -0.15) is 0 Å². The van der Waals surface area contributed by atoms with E-state index in [4.69, 9.17) is 10.5 Å². The van der Waals surface area contributed by atoms with Crippen molar-refractivity contribution in [1.82, 2.24) is 0 Å². The Morgan fingerprint density at radius 1 is 1.32 bits per heavy atom. The maximum Gasteiger partial charge on any atom is 0.224 e. The molecule has 0 aliphatic rings. The van der Waals surface area contributed by atoms with Crippen LogP contribution in [0.25, 0.3) is 0 Å². The molecule has 4 heteroatoms. The lowest BCUT2D eigenvalue weighted by Gasteiger charge is -2.10. The van der Waals surface area contributed by atoms with Crippen molar-refractivity contribution < 1.29 is 9.53 Å². The van der Waals surface area contributed by atoms with Gasteiger partial charge in [-0.3, -0.25) is 4.79 Å². The quantitative estimate of drug-likeness (QED) is 0.759. The molecule has 0 saturated carbocycles. The van der Waals surface area contributed by atoms with Crippen LogP contribution in [0, 0.1) is 5.92 Å². The molecule has 0 aliphatic heterocycles. The van der Waals surface area contributed by atoms with Crippen molar-refractivity contribution in [2.75, 3.05) is 18.5 Å². The number of hydrogen-bond donors (Lipinski definition) is 2. The zero-order valence-corrected chi connectivity index (χ0v) is 11.8. The van der Waals surface area contributed by atoms with Crippen LogP contribution in [0.2, 0.25) is 0 Å². The molecule has 1 atom stereocenters. The fourth-order valence-corrected chi connectivity index (χ4v) is 1.83. The van der Waals surface area contributed by atoms with Crippen LogP contribution in [-0.2, 0) is 4.79 Å². The lowest BCUT2D eigenvalue weighted by atomic mass is 10.0. The van der Waals surface area contributed by atoms with E-state index in [0.717, 1.165) is 24.3 Å². The van der Waals surface area contributed by atoms with E-state index in [1.807, 2.05) is 31.2 Å². The molecule has 19 heavy (non-hydrogen) atoms. The second kappa shape index (κ2) is 8.53. The molecular weight excluding hydrogens is 240 g/mol. The van der Waals surface area contributed by atoms with Crippen molar-refractivity contribution in [3.63, 3.8) is 0 Å². The van der Waals surface area contributed by atoms with Gasteiger partial charge < -0.3 is 15.8 Å². The number of carbonyl (C=O) groups is 1. The summed E-state index contributed by atoms with van der Waals surface area (Å²) in [4.78, 5) is 11.8. The normalized spacial score (nSPS) is 11.9. The fraction of sp³-hybridized carbons (Fsp3) is 0.533. The van der Waals surface area contributed by atoms with Crippen molar-refractivity contribution in [3.05, 3.63) is 24.3 Å². The van der Waals surface area contributed by atoms with E-state index >= 15 is 0 Å². The van der Waals surface area contributed by atoms with Crippen molar-refractivity contribution >= 4 is 11.6 Å². The summed E-state index contributed by atoms with van der Waals surface area (Å²) in [5, 5.41) is 2.88. The van der Waals surface area contributed by atoms with Crippen LogP contribution in [0.1, 0.15) is 33.1 Å². The Labute approximate surface area is 115 Å². The van der Waals surface area contributed by atoms with E-state index in [9.17, 15) is 4.79 Å². The molecule has 0 aromatic heterocycles. The number of nitrogens with two attached hydrogens (primary N) is 1. The molecule has 0 heterocycles. The number of carbonyl (C=O) groups excluding carboxylic acids is 1. The van der Waals surface area contributed by atoms with E-state index in [0.29, 0.717) is 25.5 Å². The molecule has 1 aromatic rings. The minimum atomic E-state index is 0.0491. The molecule has 0 bridgehead atoms. The highest BCUT2D eigenvalue weighted by Gasteiger charge is 2.06. The highest BCUT2D eigenvalue weighted by Crippen LogP contribution is 2.16. The summed E-state index contributed by atoms with van der Waals surface area (Å²) in [7, 11) is 0. The van der Waals surface area contributed by atoms with Crippen molar-refractivity contribution in [2.45, 2.75) is 33.1 Å². The van der Waals surface area contributed by atoms with Crippen molar-refractivity contribution in [2.24, 2.45) is 11.7 Å². The zero-order chi connectivity index (χ0) is 14.1. The number of hydrogen-bond acceptors (Lipinski definition) is 3. The molecule has 1 unspecified atom stereocenters. The lowest BCUT2D eigenvalue weighted by molar-refractivity contribution is -0.116. The molecule has 0 radical (unpaired) electrons. The van der Waals surface area contributed by atoms with Gasteiger partial charge in [-0.25, -0.2) is 0 Å². The number of rotatable bonds is 8. The Hall–Kier alpha value is -1.55. The number of anilines is 1. The topological polar surface area (TPSA) is 64.3 Å². The maximum atomic E-state index is 11.8. The Morgan fingerprint density at radius 2 is 2.00 bits per heavy atom. The maximum absolute atomic E-state index is 11.8. The van der Waals surface area contributed by atoms with Crippen molar-refractivity contribution in [3.8, 4) is 5.75 Å². The average molecular weight is 264 g/mol. The summed E-state index contributed by atoms with van der Waals surface area (Å²) in [5.41, 5.74) is 6.29. The summed E-state index contributed by atoms with van der Waals surface area (Å²) in [5.74, 6) is 1.36. The Morgan fingerprint density at radius 3 is 2.58 bits per heavy atom. The highest BCUT2D eigenvalue weighted by molar-refractivity contribution is 5.90. The molecule has 0 fully saturated rings. The summed E-state index contributed by atoms with van der Waals surface area (Å²) in [6.07, 6.45) is 2.38. The van der Waals surface area contributed by atoms with Crippen LogP contribution in [0.4, 0.5) is 5.69 Å². The first kappa shape index (κ1) is 15.5. The summed E-state index contributed by atoms with van der Waals surface area (Å²) in [6, 6.07) is 7.42. The van der Waals surface area contributed by atoms with Crippen LogP contribution >= 0.6 is 0 Å². The highest BCUT2D eigenvalue weighted by atomic mass is 16.5. The largest absolute Gasteiger partial charge is 0.494 e. The molecule has 106 valence electrons. The summed E-state index contributed by atoms with van der Waals surface area (Å²) in [6.45, 7) is 5.39. The zero-order valence-electron chi connectivity index (χ0n) is 11.8. The third kappa shape index (κ3) is 6.25. The monoisotopic (exact) mass is 264 g/mol. The van der Waals surface area contributed by atoms with E-state index in [1.54, 1.807) is 0 Å². The predicted octanol–water partition coefficient (Wildman–Crippen LogP) is 2.79. The van der Waals surface area contributed by atoms with Crippen LogP contribution in [-0.4, -0.2) is 19.1 Å². The van der Waals surface area contributed by atoms with Gasteiger partial charge in [0.1, 0.15) is 5.75 Å². The minimum Gasteiger partial charge on any atom is -0.494 e. The van der Waals surface area contributed by atoms with Crippen molar-refractivity contribution in [1.29, 1.82) is 0 Å². The molecule has 1 aromatic carbocycles. The number of ether oxygens (including phenoxy) is 1. The van der Waals surface area contributed by atoms with E-state index in [2.05, 4.69) is 12.2 Å². The molecular formula is C15H24N2O2. The van der Waals surface area contributed by atoms with Gasteiger partial charge in [0, 0.05) is 12.1 Å². The summed E-state index contributed by atoms with van der Waals surface area (Å²) >= 11 is 0.